The molecule has 1 fully saturated rings. The Labute approximate surface area is 208 Å². The number of nitrogens with zero attached hydrogens (tertiary/aromatic N) is 1. The second-order valence-corrected chi connectivity index (χ2v) is 8.84. The van der Waals surface area contributed by atoms with Crippen molar-refractivity contribution in [1.82, 2.24) is 4.90 Å². The summed E-state index contributed by atoms with van der Waals surface area (Å²) in [5, 5.41) is 2.78. The Balaban J connectivity index is 1.17. The second-order valence-electron chi connectivity index (χ2n) is 8.84. The highest BCUT2D eigenvalue weighted by molar-refractivity contribution is 6.21. The molecule has 0 aromatic heterocycles. The van der Waals surface area contributed by atoms with E-state index in [2.05, 4.69) is 5.32 Å². The maximum Gasteiger partial charge on any atom is 0.262 e. The van der Waals surface area contributed by atoms with Gasteiger partial charge in [0.2, 0.25) is 0 Å². The number of amides is 3. The van der Waals surface area contributed by atoms with Crippen LogP contribution in [-0.2, 0) is 9.53 Å². The minimum absolute atomic E-state index is 0.101. The summed E-state index contributed by atoms with van der Waals surface area (Å²) >= 11 is 0. The number of anilines is 1. The number of carbonyl (C=O) groups is 3. The molecule has 0 radical (unpaired) electrons. The molecule has 2 heterocycles. The summed E-state index contributed by atoms with van der Waals surface area (Å²) in [6.07, 6.45) is 1.68. The summed E-state index contributed by atoms with van der Waals surface area (Å²) < 4.78 is 17.0. The van der Waals surface area contributed by atoms with E-state index in [-0.39, 0.29) is 37.0 Å². The van der Waals surface area contributed by atoms with E-state index in [1.165, 1.54) is 4.90 Å². The number of benzene rings is 3. The number of nitrogens with one attached hydrogen (secondary N) is 1. The maximum atomic E-state index is 12.9. The molecule has 36 heavy (non-hydrogen) atoms. The first kappa shape index (κ1) is 23.6. The Morgan fingerprint density at radius 1 is 0.972 bits per heavy atom. The zero-order valence-corrected chi connectivity index (χ0v) is 19.9. The molecule has 3 amide bonds. The molecule has 0 bridgehead atoms. The van der Waals surface area contributed by atoms with Crippen LogP contribution in [0.25, 0.3) is 0 Å². The highest BCUT2D eigenvalue weighted by Crippen LogP contribution is 2.31. The molecule has 1 atom stereocenters. The molecule has 3 aromatic rings. The van der Waals surface area contributed by atoms with E-state index in [1.807, 2.05) is 25.1 Å². The van der Waals surface area contributed by atoms with Crippen molar-refractivity contribution < 1.29 is 28.6 Å². The number of ether oxygens (including phenoxy) is 3. The van der Waals surface area contributed by atoms with Crippen molar-refractivity contribution in [3.8, 4) is 17.2 Å². The lowest BCUT2D eigenvalue weighted by atomic mass is 10.1. The number of aryl methyl sites for hydroxylation is 1. The summed E-state index contributed by atoms with van der Waals surface area (Å²) in [5.41, 5.74) is 2.35. The first-order valence-electron chi connectivity index (χ1n) is 11.9. The third-order valence-electron chi connectivity index (χ3n) is 6.09. The lowest BCUT2D eigenvalue weighted by molar-refractivity contribution is -0.118. The van der Waals surface area contributed by atoms with E-state index in [9.17, 15) is 14.4 Å². The predicted octanol–water partition coefficient (Wildman–Crippen LogP) is 4.58. The molecular weight excluding hydrogens is 460 g/mol. The first-order valence-corrected chi connectivity index (χ1v) is 11.9. The van der Waals surface area contributed by atoms with Crippen LogP contribution in [0.15, 0.2) is 66.7 Å². The Hall–Kier alpha value is -4.17. The molecular formula is C28H26N2O6. The lowest BCUT2D eigenvalue weighted by Gasteiger charge is -2.17. The van der Waals surface area contributed by atoms with Gasteiger partial charge in [0.15, 0.2) is 6.61 Å². The van der Waals surface area contributed by atoms with Gasteiger partial charge in [0.25, 0.3) is 17.7 Å². The fraction of sp³-hybridized carbons (Fsp3) is 0.250. The zero-order valence-electron chi connectivity index (χ0n) is 19.9. The van der Waals surface area contributed by atoms with Crippen molar-refractivity contribution in [3.05, 3.63) is 83.4 Å². The van der Waals surface area contributed by atoms with E-state index in [0.717, 1.165) is 18.4 Å². The molecule has 0 aliphatic carbocycles. The fourth-order valence-electron chi connectivity index (χ4n) is 4.28. The van der Waals surface area contributed by atoms with Gasteiger partial charge < -0.3 is 19.5 Å². The Kier molecular flexibility index (Phi) is 6.69. The van der Waals surface area contributed by atoms with E-state index in [4.69, 9.17) is 14.2 Å². The number of rotatable bonds is 8. The van der Waals surface area contributed by atoms with Crippen molar-refractivity contribution >= 4 is 23.4 Å². The van der Waals surface area contributed by atoms with E-state index >= 15 is 0 Å². The molecule has 3 aromatic carbocycles. The first-order chi connectivity index (χ1) is 17.5. The number of hydrogen-bond donors (Lipinski definition) is 1. The molecule has 2 aliphatic rings. The normalized spacial score (nSPS) is 16.7. The summed E-state index contributed by atoms with van der Waals surface area (Å²) in [6, 6.07) is 19.2. The predicted molar refractivity (Wildman–Crippen MR) is 133 cm³/mol. The molecule has 8 nitrogen and oxygen atoms in total. The van der Waals surface area contributed by atoms with Gasteiger partial charge in [0.1, 0.15) is 17.2 Å². The molecule has 1 unspecified atom stereocenters. The van der Waals surface area contributed by atoms with Crippen LogP contribution < -0.4 is 14.8 Å². The zero-order chi connectivity index (χ0) is 25.1. The van der Waals surface area contributed by atoms with Crippen LogP contribution in [0.2, 0.25) is 0 Å². The Morgan fingerprint density at radius 2 is 1.75 bits per heavy atom. The van der Waals surface area contributed by atoms with Crippen LogP contribution in [-0.4, -0.2) is 48.5 Å². The Morgan fingerprint density at radius 3 is 2.50 bits per heavy atom. The SMILES string of the molecule is Cc1cccc(OCC(=O)Nc2ccc(Oc3ccc4c(c3)C(=O)N(CC3CCCO3)C4=O)cc2)c1. The maximum absolute atomic E-state index is 12.9. The Bertz CT molecular complexity index is 1300. The lowest BCUT2D eigenvalue weighted by Crippen LogP contribution is -2.36. The van der Waals surface area contributed by atoms with Gasteiger partial charge in [0, 0.05) is 12.3 Å². The quantitative estimate of drug-likeness (QED) is 0.469. The summed E-state index contributed by atoms with van der Waals surface area (Å²) in [5.74, 6) is 0.692. The minimum atomic E-state index is -0.332. The summed E-state index contributed by atoms with van der Waals surface area (Å²) in [4.78, 5) is 39.0. The molecule has 5 rings (SSSR count). The van der Waals surface area contributed by atoms with Crippen molar-refractivity contribution in [2.24, 2.45) is 0 Å². The highest BCUT2D eigenvalue weighted by atomic mass is 16.5. The largest absolute Gasteiger partial charge is 0.484 e. The van der Waals surface area contributed by atoms with Gasteiger partial charge in [-0.25, -0.2) is 0 Å². The molecule has 1 N–H and O–H groups in total. The van der Waals surface area contributed by atoms with Crippen molar-refractivity contribution in [1.29, 1.82) is 0 Å². The van der Waals surface area contributed by atoms with Gasteiger partial charge in [-0.3, -0.25) is 19.3 Å². The fourth-order valence-corrected chi connectivity index (χ4v) is 4.28. The molecule has 0 saturated carbocycles. The van der Waals surface area contributed by atoms with Crippen LogP contribution in [0.1, 0.15) is 39.1 Å². The van der Waals surface area contributed by atoms with Gasteiger partial charge in [0.05, 0.1) is 23.8 Å². The summed E-state index contributed by atoms with van der Waals surface area (Å²) in [7, 11) is 0. The van der Waals surface area contributed by atoms with Crippen LogP contribution in [0.5, 0.6) is 17.2 Å². The average molecular weight is 487 g/mol. The highest BCUT2D eigenvalue weighted by Gasteiger charge is 2.37. The van der Waals surface area contributed by atoms with E-state index < -0.39 is 0 Å². The second kappa shape index (κ2) is 10.2. The molecule has 1 saturated heterocycles. The molecule has 184 valence electrons. The van der Waals surface area contributed by atoms with Crippen molar-refractivity contribution in [3.63, 3.8) is 0 Å². The molecule has 0 spiro atoms. The number of imide groups is 1. The van der Waals surface area contributed by atoms with Crippen LogP contribution >= 0.6 is 0 Å². The van der Waals surface area contributed by atoms with Gasteiger partial charge in [-0.05, 0) is 79.9 Å². The minimum Gasteiger partial charge on any atom is -0.484 e. The van der Waals surface area contributed by atoms with Crippen LogP contribution in [0.3, 0.4) is 0 Å². The van der Waals surface area contributed by atoms with E-state index in [0.29, 0.717) is 40.7 Å². The van der Waals surface area contributed by atoms with Crippen LogP contribution in [0.4, 0.5) is 5.69 Å². The van der Waals surface area contributed by atoms with Crippen LogP contribution in [0, 0.1) is 6.92 Å². The third kappa shape index (κ3) is 5.23. The van der Waals surface area contributed by atoms with Gasteiger partial charge in [-0.2, -0.15) is 0 Å². The van der Waals surface area contributed by atoms with Gasteiger partial charge in [-0.1, -0.05) is 12.1 Å². The molecule has 8 heteroatoms. The van der Waals surface area contributed by atoms with Crippen molar-refractivity contribution in [2.45, 2.75) is 25.9 Å². The topological polar surface area (TPSA) is 94.2 Å². The van der Waals surface area contributed by atoms with E-state index in [1.54, 1.807) is 48.5 Å². The standard InChI is InChI=1S/C28H26N2O6/c1-18-4-2-5-21(14-18)35-17-26(31)29-19-7-9-20(10-8-19)36-22-11-12-24-25(15-22)28(33)30(27(24)32)16-23-6-3-13-34-23/h2,4-5,7-12,14-15,23H,3,6,13,16-17H2,1H3,(H,29,31). The summed E-state index contributed by atoms with van der Waals surface area (Å²) in [6.45, 7) is 2.78. The number of carbonyl (C=O) groups excluding carboxylic acids is 3. The average Bonchev–Trinajstić information content (AvgIpc) is 3.47. The number of fused-ring (bicyclic) bond motifs is 1. The molecule has 2 aliphatic heterocycles. The van der Waals surface area contributed by atoms with Crippen molar-refractivity contribution in [2.75, 3.05) is 25.1 Å². The number of hydrogen-bond acceptors (Lipinski definition) is 6. The smallest absolute Gasteiger partial charge is 0.262 e. The third-order valence-corrected chi connectivity index (χ3v) is 6.09. The van der Waals surface area contributed by atoms with Gasteiger partial charge >= 0.3 is 0 Å². The van der Waals surface area contributed by atoms with Gasteiger partial charge in [-0.15, -0.1) is 0 Å². The monoisotopic (exact) mass is 486 g/mol.